The van der Waals surface area contributed by atoms with Crippen molar-refractivity contribution in [3.05, 3.63) is 0 Å². The molecule has 1 rings (SSSR count). The Morgan fingerprint density at radius 2 is 1.53 bits per heavy atom. The molecule has 0 saturated heterocycles. The van der Waals surface area contributed by atoms with Crippen LogP contribution in [0.3, 0.4) is 0 Å². The fourth-order valence-electron chi connectivity index (χ4n) is 1.62. The largest absolute Gasteiger partial charge is 0.522 e. The second-order valence-electron chi connectivity index (χ2n) is 4.06. The van der Waals surface area contributed by atoms with Gasteiger partial charge in [0.1, 0.15) is 0 Å². The highest BCUT2D eigenvalue weighted by molar-refractivity contribution is 7.86. The van der Waals surface area contributed by atoms with Crippen LogP contribution in [-0.2, 0) is 10.1 Å². The van der Waals surface area contributed by atoms with Gasteiger partial charge < -0.3 is 5.11 Å². The Kier molecular flexibility index (Phi) is 6.42. The summed E-state index contributed by atoms with van der Waals surface area (Å²) in [7, 11) is -5.84. The lowest BCUT2D eigenvalue weighted by Crippen LogP contribution is -2.21. The van der Waals surface area contributed by atoms with E-state index in [9.17, 15) is 18.3 Å². The van der Waals surface area contributed by atoms with Crippen LogP contribution >= 0.6 is 0 Å². The first-order chi connectivity index (χ1) is 7.55. The smallest absolute Gasteiger partial charge is 0.393 e. The molecule has 17 heavy (non-hydrogen) atoms. The van der Waals surface area contributed by atoms with Gasteiger partial charge in [-0.3, -0.25) is 4.55 Å². The average molecular weight is 278 g/mol. The molecule has 0 aliphatic heterocycles. The van der Waals surface area contributed by atoms with Gasteiger partial charge in [-0.05, 0) is 25.7 Å². The Morgan fingerprint density at radius 3 is 1.71 bits per heavy atom. The van der Waals surface area contributed by atoms with Crippen molar-refractivity contribution in [2.45, 2.75) is 50.6 Å². The van der Waals surface area contributed by atoms with Gasteiger partial charge in [-0.1, -0.05) is 19.3 Å². The van der Waals surface area contributed by atoms with Gasteiger partial charge in [0.15, 0.2) is 0 Å². The summed E-state index contributed by atoms with van der Waals surface area (Å²) in [6, 6.07) is 0. The average Bonchev–Trinajstić information content (AvgIpc) is 2.17. The maximum Gasteiger partial charge on any atom is 0.522 e. The number of halogens is 3. The minimum atomic E-state index is -5.84. The van der Waals surface area contributed by atoms with Gasteiger partial charge in [-0.2, -0.15) is 21.6 Å². The maximum atomic E-state index is 10.7. The van der Waals surface area contributed by atoms with Crippen LogP contribution in [0.5, 0.6) is 0 Å². The van der Waals surface area contributed by atoms with Crippen molar-refractivity contribution in [2.24, 2.45) is 5.92 Å². The van der Waals surface area contributed by atoms with E-state index in [-0.39, 0.29) is 6.10 Å². The minimum Gasteiger partial charge on any atom is -0.393 e. The molecule has 4 nitrogen and oxygen atoms in total. The van der Waals surface area contributed by atoms with Crippen molar-refractivity contribution in [2.75, 3.05) is 0 Å². The summed E-state index contributed by atoms with van der Waals surface area (Å²) in [5, 5.41) is 9.18. The molecule has 0 amide bonds. The van der Waals surface area contributed by atoms with Gasteiger partial charge in [0, 0.05) is 0 Å². The number of alkyl halides is 3. The SMILES string of the molecule is CC(O)C1CCCCC1.O=S(=O)(O)C(F)(F)F. The molecule has 1 aliphatic carbocycles. The molecule has 1 saturated carbocycles. The predicted molar refractivity (Wildman–Crippen MR) is 55.9 cm³/mol. The van der Waals surface area contributed by atoms with Gasteiger partial charge in [-0.25, -0.2) is 0 Å². The fourth-order valence-corrected chi connectivity index (χ4v) is 1.62. The van der Waals surface area contributed by atoms with E-state index in [1.807, 2.05) is 6.92 Å². The Bertz CT molecular complexity index is 305. The molecule has 104 valence electrons. The molecule has 0 aromatic rings. The van der Waals surface area contributed by atoms with Gasteiger partial charge in [-0.15, -0.1) is 0 Å². The summed E-state index contributed by atoms with van der Waals surface area (Å²) in [4.78, 5) is 0. The second kappa shape index (κ2) is 6.55. The van der Waals surface area contributed by atoms with Gasteiger partial charge in [0.2, 0.25) is 0 Å². The Balaban J connectivity index is 0.000000304. The van der Waals surface area contributed by atoms with Crippen molar-refractivity contribution in [1.82, 2.24) is 0 Å². The highest BCUT2D eigenvalue weighted by Gasteiger charge is 2.44. The molecule has 1 aliphatic rings. The van der Waals surface area contributed by atoms with Crippen LogP contribution in [0.1, 0.15) is 39.0 Å². The highest BCUT2D eigenvalue weighted by atomic mass is 32.2. The molecule has 2 N–H and O–H groups in total. The van der Waals surface area contributed by atoms with E-state index in [1.54, 1.807) is 0 Å². The molecule has 1 fully saturated rings. The first kappa shape index (κ1) is 16.7. The van der Waals surface area contributed by atoms with Crippen molar-refractivity contribution in [3.63, 3.8) is 0 Å². The van der Waals surface area contributed by atoms with Crippen LogP contribution in [0.4, 0.5) is 13.2 Å². The number of hydrogen-bond acceptors (Lipinski definition) is 3. The normalized spacial score (nSPS) is 20.4. The van der Waals surface area contributed by atoms with Crippen LogP contribution in [0.2, 0.25) is 0 Å². The first-order valence-corrected chi connectivity index (χ1v) is 6.71. The van der Waals surface area contributed by atoms with E-state index in [4.69, 9.17) is 13.0 Å². The molecule has 0 heterocycles. The maximum absolute atomic E-state index is 10.7. The van der Waals surface area contributed by atoms with Crippen LogP contribution in [0.15, 0.2) is 0 Å². The van der Waals surface area contributed by atoms with E-state index in [1.165, 1.54) is 32.1 Å². The number of aliphatic hydroxyl groups is 1. The molecule has 0 aromatic heterocycles. The zero-order chi connectivity index (χ0) is 13.7. The van der Waals surface area contributed by atoms with Crippen molar-refractivity contribution in [3.8, 4) is 0 Å². The third-order valence-corrected chi connectivity index (χ3v) is 3.21. The molecule has 0 radical (unpaired) electrons. The van der Waals surface area contributed by atoms with E-state index >= 15 is 0 Å². The Labute approximate surface area is 98.6 Å². The molecular weight excluding hydrogens is 261 g/mol. The molecule has 0 bridgehead atoms. The summed E-state index contributed by atoms with van der Waals surface area (Å²) >= 11 is 0. The van der Waals surface area contributed by atoms with E-state index in [0.29, 0.717) is 5.92 Å². The molecule has 0 aromatic carbocycles. The summed E-state index contributed by atoms with van der Waals surface area (Å²) in [5.41, 5.74) is -5.53. The minimum absolute atomic E-state index is 0.0645. The monoisotopic (exact) mass is 278 g/mol. The predicted octanol–water partition coefficient (Wildman–Crippen LogP) is 2.34. The summed E-state index contributed by atoms with van der Waals surface area (Å²) in [5.74, 6) is 0.610. The number of rotatable bonds is 1. The third-order valence-electron chi connectivity index (χ3n) is 2.62. The second-order valence-corrected chi connectivity index (χ2v) is 5.47. The van der Waals surface area contributed by atoms with Gasteiger partial charge >= 0.3 is 15.6 Å². The lowest BCUT2D eigenvalue weighted by atomic mass is 9.86. The number of hydrogen-bond donors (Lipinski definition) is 2. The van der Waals surface area contributed by atoms with Crippen molar-refractivity contribution < 1.29 is 31.2 Å². The van der Waals surface area contributed by atoms with Gasteiger partial charge in [0.25, 0.3) is 0 Å². The van der Waals surface area contributed by atoms with Crippen molar-refractivity contribution >= 4 is 10.1 Å². The van der Waals surface area contributed by atoms with E-state index in [0.717, 1.165) is 0 Å². The summed E-state index contributed by atoms with van der Waals surface area (Å²) < 4.78 is 57.5. The zero-order valence-electron chi connectivity index (χ0n) is 9.44. The third kappa shape index (κ3) is 6.85. The topological polar surface area (TPSA) is 74.6 Å². The van der Waals surface area contributed by atoms with Crippen LogP contribution < -0.4 is 0 Å². The summed E-state index contributed by atoms with van der Waals surface area (Å²) in [6.07, 6.45) is 6.47. The molecule has 8 heteroatoms. The molecule has 1 atom stereocenters. The lowest BCUT2D eigenvalue weighted by molar-refractivity contribution is -0.0510. The first-order valence-electron chi connectivity index (χ1n) is 5.27. The zero-order valence-corrected chi connectivity index (χ0v) is 10.3. The van der Waals surface area contributed by atoms with Crippen LogP contribution in [0.25, 0.3) is 0 Å². The van der Waals surface area contributed by atoms with E-state index < -0.39 is 15.6 Å². The lowest BCUT2D eigenvalue weighted by Gasteiger charge is -2.23. The number of aliphatic hydroxyl groups excluding tert-OH is 1. The highest BCUT2D eigenvalue weighted by Crippen LogP contribution is 2.25. The quantitative estimate of drug-likeness (QED) is 0.570. The standard InChI is InChI=1S/C8H16O.CHF3O3S/c1-7(9)8-5-3-2-4-6-8;2-1(3,4)8(5,6)7/h7-9H,2-6H2,1H3;(H,5,6,7). The molecule has 1 unspecified atom stereocenters. The Morgan fingerprint density at radius 1 is 1.18 bits per heavy atom. The van der Waals surface area contributed by atoms with Crippen molar-refractivity contribution in [1.29, 1.82) is 0 Å². The van der Waals surface area contributed by atoms with Crippen LogP contribution in [0, 0.1) is 5.92 Å². The van der Waals surface area contributed by atoms with Crippen LogP contribution in [-0.4, -0.2) is 29.7 Å². The Hall–Kier alpha value is -0.340. The van der Waals surface area contributed by atoms with Gasteiger partial charge in [0.05, 0.1) is 6.10 Å². The fraction of sp³-hybridized carbons (Fsp3) is 1.00. The van der Waals surface area contributed by atoms with E-state index in [2.05, 4.69) is 0 Å². The molecular formula is C9H17F3O4S. The summed E-state index contributed by atoms with van der Waals surface area (Å²) in [6.45, 7) is 1.91. The molecule has 0 spiro atoms.